The average Bonchev–Trinajstić information content (AvgIpc) is 2.64. The molecule has 0 saturated carbocycles. The molecule has 0 saturated heterocycles. The lowest BCUT2D eigenvalue weighted by Crippen LogP contribution is -2.41. The highest BCUT2D eigenvalue weighted by Crippen LogP contribution is 2.23. The second-order valence-electron chi connectivity index (χ2n) is 6.05. The van der Waals surface area contributed by atoms with Crippen molar-refractivity contribution in [2.24, 2.45) is 11.5 Å². The molecule has 0 amide bonds. The molecule has 0 spiro atoms. The smallest absolute Gasteiger partial charge is 0.343 e. The van der Waals surface area contributed by atoms with Gasteiger partial charge in [-0.15, -0.1) is 0 Å². The zero-order valence-electron chi connectivity index (χ0n) is 16.7. The van der Waals surface area contributed by atoms with Gasteiger partial charge in [0.25, 0.3) is 0 Å². The third-order valence-electron chi connectivity index (χ3n) is 3.64. The molecule has 0 aromatic carbocycles. The van der Waals surface area contributed by atoms with E-state index < -0.39 is 33.9 Å². The lowest BCUT2D eigenvalue weighted by Gasteiger charge is -2.12. The van der Waals surface area contributed by atoms with Crippen LogP contribution in [0.4, 0.5) is 0 Å². The van der Waals surface area contributed by atoms with Crippen molar-refractivity contribution < 1.29 is 23.9 Å². The predicted molar refractivity (Wildman–Crippen MR) is 112 cm³/mol. The van der Waals surface area contributed by atoms with Crippen molar-refractivity contribution in [1.29, 1.82) is 0 Å². The summed E-state index contributed by atoms with van der Waals surface area (Å²) in [5.74, 6) is -0.553. The number of unbranched alkanes of at least 4 members (excludes halogenated alkanes) is 4. The number of hydrogen-bond donors (Lipinski definition) is 2. The Balaban J connectivity index is 4.70. The summed E-state index contributed by atoms with van der Waals surface area (Å²) < 4.78 is 9.82. The first kappa shape index (κ1) is 26.2. The summed E-state index contributed by atoms with van der Waals surface area (Å²) >= 11 is 0. The first-order valence-corrected chi connectivity index (χ1v) is 12.5. The lowest BCUT2D eigenvalue weighted by molar-refractivity contribution is -0.144. The van der Waals surface area contributed by atoms with Crippen LogP contribution in [0.2, 0.25) is 0 Å². The van der Waals surface area contributed by atoms with Crippen LogP contribution in [0.5, 0.6) is 0 Å². The van der Waals surface area contributed by atoms with Crippen LogP contribution < -0.4 is 11.5 Å². The summed E-state index contributed by atoms with van der Waals surface area (Å²) in [7, 11) is 0.481. The van der Waals surface area contributed by atoms with Crippen LogP contribution in [-0.2, 0) is 33.8 Å². The quantitative estimate of drug-likeness (QED) is 0.177. The van der Waals surface area contributed by atoms with E-state index in [-0.39, 0.29) is 29.8 Å². The molecule has 3 unspecified atom stereocenters. The van der Waals surface area contributed by atoms with Gasteiger partial charge in [-0.05, 0) is 20.3 Å². The molecular weight excluding hydrogens is 388 g/mol. The fourth-order valence-corrected chi connectivity index (χ4v) is 6.15. The van der Waals surface area contributed by atoms with Crippen LogP contribution in [-0.4, -0.2) is 53.9 Å². The molecule has 3 atom stereocenters. The van der Waals surface area contributed by atoms with Crippen molar-refractivity contribution in [2.45, 2.75) is 71.4 Å². The Morgan fingerprint density at radius 1 is 0.889 bits per heavy atom. The molecular formula is C18H35N2O5S2+. The number of carbonyl (C=O) groups excluding carboxylic acids is 3. The van der Waals surface area contributed by atoms with Gasteiger partial charge < -0.3 is 20.9 Å². The molecule has 9 heteroatoms. The Morgan fingerprint density at radius 2 is 1.44 bits per heavy atom. The Bertz CT molecular complexity index is 451. The van der Waals surface area contributed by atoms with E-state index in [1.807, 2.05) is 0 Å². The molecule has 0 aromatic heterocycles. The van der Waals surface area contributed by atoms with E-state index in [0.717, 1.165) is 32.1 Å². The third kappa shape index (κ3) is 12.3. The van der Waals surface area contributed by atoms with Gasteiger partial charge in [0, 0.05) is 0 Å². The zero-order chi connectivity index (χ0) is 20.7. The maximum Gasteiger partial charge on any atom is 0.343 e. The highest BCUT2D eigenvalue weighted by molar-refractivity contribution is 8.79. The fourth-order valence-electron chi connectivity index (χ4n) is 2.15. The van der Waals surface area contributed by atoms with E-state index in [1.165, 1.54) is 10.8 Å². The summed E-state index contributed by atoms with van der Waals surface area (Å²) in [6.07, 6.45) is 5.70. The maximum absolute atomic E-state index is 12.6. The molecule has 0 aromatic rings. The molecule has 0 bridgehead atoms. The largest absolute Gasteiger partial charge is 0.465 e. The molecule has 4 N–H and O–H groups in total. The van der Waals surface area contributed by atoms with Gasteiger partial charge in [0.05, 0.1) is 25.4 Å². The van der Waals surface area contributed by atoms with Gasteiger partial charge >= 0.3 is 17.1 Å². The summed E-state index contributed by atoms with van der Waals surface area (Å²) in [4.78, 5) is 36.1. The lowest BCUT2D eigenvalue weighted by atomic mass is 10.1. The fraction of sp³-hybridized carbons (Fsp3) is 0.833. The van der Waals surface area contributed by atoms with Crippen LogP contribution in [0.15, 0.2) is 0 Å². The number of hydrogen-bond acceptors (Lipinski definition) is 8. The SMILES string of the molecule is CCCCCCCC(=O)[S+](CC(N)C(=O)OCC)SCC(N)C(=O)OCC. The topological polar surface area (TPSA) is 122 Å². The summed E-state index contributed by atoms with van der Waals surface area (Å²) in [6.45, 7) is 6.06. The molecule has 7 nitrogen and oxygen atoms in total. The van der Waals surface area contributed by atoms with Gasteiger partial charge in [0.1, 0.15) is 26.8 Å². The molecule has 0 heterocycles. The van der Waals surface area contributed by atoms with Crippen molar-refractivity contribution in [3.63, 3.8) is 0 Å². The molecule has 27 heavy (non-hydrogen) atoms. The Labute approximate surface area is 169 Å². The third-order valence-corrected chi connectivity index (χ3v) is 8.02. The minimum atomic E-state index is -0.858. The van der Waals surface area contributed by atoms with Gasteiger partial charge in [-0.1, -0.05) is 32.6 Å². The van der Waals surface area contributed by atoms with Crippen molar-refractivity contribution in [3.05, 3.63) is 0 Å². The molecule has 0 radical (unpaired) electrons. The minimum absolute atomic E-state index is 0.0623. The first-order chi connectivity index (χ1) is 12.9. The zero-order valence-corrected chi connectivity index (χ0v) is 18.4. The molecule has 0 rings (SSSR count). The van der Waals surface area contributed by atoms with Gasteiger partial charge in [0.15, 0.2) is 11.8 Å². The van der Waals surface area contributed by atoms with Gasteiger partial charge in [0.2, 0.25) is 0 Å². The van der Waals surface area contributed by atoms with Crippen LogP contribution in [0, 0.1) is 0 Å². The van der Waals surface area contributed by atoms with Gasteiger partial charge in [-0.3, -0.25) is 9.59 Å². The standard InChI is InChI=1S/C18H35N2O5S2/c1-4-7-8-9-10-11-16(21)27(13-15(20)18(23)25-6-3)26-12-14(19)17(22)24-5-2/h14-15H,4-13,19-20H2,1-3H3/q+1. The van der Waals surface area contributed by atoms with Crippen molar-refractivity contribution in [2.75, 3.05) is 24.7 Å². The number of carbonyl (C=O) groups is 3. The number of ether oxygens (including phenoxy) is 2. The second-order valence-corrected chi connectivity index (χ2v) is 10.0. The molecule has 0 fully saturated rings. The van der Waals surface area contributed by atoms with Crippen molar-refractivity contribution in [3.8, 4) is 0 Å². The Morgan fingerprint density at radius 3 is 2.00 bits per heavy atom. The average molecular weight is 424 g/mol. The van der Waals surface area contributed by atoms with Crippen molar-refractivity contribution in [1.82, 2.24) is 0 Å². The molecule has 0 aliphatic rings. The van der Waals surface area contributed by atoms with Crippen LogP contribution in [0.3, 0.4) is 0 Å². The van der Waals surface area contributed by atoms with E-state index >= 15 is 0 Å². The van der Waals surface area contributed by atoms with E-state index in [1.54, 1.807) is 13.8 Å². The highest BCUT2D eigenvalue weighted by Gasteiger charge is 2.36. The first-order valence-electron chi connectivity index (χ1n) is 9.58. The molecule has 0 aliphatic heterocycles. The van der Waals surface area contributed by atoms with Gasteiger partial charge in [-0.2, -0.15) is 0 Å². The van der Waals surface area contributed by atoms with E-state index in [0.29, 0.717) is 6.42 Å². The van der Waals surface area contributed by atoms with Crippen LogP contribution in [0.1, 0.15) is 59.3 Å². The summed E-state index contributed by atoms with van der Waals surface area (Å²) in [6, 6.07) is -1.66. The predicted octanol–water partition coefficient (Wildman–Crippen LogP) is 1.92. The number of rotatable bonds is 15. The monoisotopic (exact) mass is 423 g/mol. The molecule has 0 aliphatic carbocycles. The normalized spacial score (nSPS) is 14.3. The Kier molecular flexibility index (Phi) is 15.7. The number of nitrogens with two attached hydrogens (primary N) is 2. The van der Waals surface area contributed by atoms with Crippen molar-refractivity contribution >= 4 is 37.8 Å². The van der Waals surface area contributed by atoms with Crippen LogP contribution >= 0.6 is 10.8 Å². The van der Waals surface area contributed by atoms with Crippen LogP contribution in [0.25, 0.3) is 0 Å². The summed E-state index contributed by atoms with van der Waals surface area (Å²) in [5.41, 5.74) is 11.7. The van der Waals surface area contributed by atoms with E-state index in [4.69, 9.17) is 20.9 Å². The molecule has 158 valence electrons. The highest BCUT2D eigenvalue weighted by atomic mass is 33.1. The number of esters is 2. The van der Waals surface area contributed by atoms with E-state index in [9.17, 15) is 14.4 Å². The van der Waals surface area contributed by atoms with E-state index in [2.05, 4.69) is 6.92 Å². The maximum atomic E-state index is 12.6. The summed E-state index contributed by atoms with van der Waals surface area (Å²) in [5, 5.41) is 0.0623. The van der Waals surface area contributed by atoms with Gasteiger partial charge in [-0.25, -0.2) is 4.79 Å². The second kappa shape index (κ2) is 16.2. The minimum Gasteiger partial charge on any atom is -0.465 e. The Hall–Kier alpha value is -0.770.